The van der Waals surface area contributed by atoms with Gasteiger partial charge in [-0.3, -0.25) is 9.39 Å². The van der Waals surface area contributed by atoms with Crippen LogP contribution < -0.4 is 5.32 Å². The third-order valence-corrected chi connectivity index (χ3v) is 5.40. The van der Waals surface area contributed by atoms with Crippen LogP contribution in [0.25, 0.3) is 5.65 Å². The Hall–Kier alpha value is -1.38. The van der Waals surface area contributed by atoms with Crippen LogP contribution in [0, 0.1) is 5.41 Å². The second kappa shape index (κ2) is 7.25. The SMILES string of the molecule is CN=C(NCc1nnc2ccccn12)N1CCC2(CCCC2)C1.I. The van der Waals surface area contributed by atoms with E-state index in [1.54, 1.807) is 0 Å². The van der Waals surface area contributed by atoms with Gasteiger partial charge in [0.2, 0.25) is 0 Å². The Labute approximate surface area is 159 Å². The summed E-state index contributed by atoms with van der Waals surface area (Å²) < 4.78 is 2.02. The molecule has 1 spiro atoms. The fourth-order valence-corrected chi connectivity index (χ4v) is 4.15. The number of hydrogen-bond donors (Lipinski definition) is 1. The van der Waals surface area contributed by atoms with Crippen LogP contribution in [0.15, 0.2) is 29.4 Å². The first-order chi connectivity index (χ1) is 11.3. The maximum atomic E-state index is 4.48. The van der Waals surface area contributed by atoms with Crippen molar-refractivity contribution in [3.63, 3.8) is 0 Å². The number of pyridine rings is 1. The number of aromatic nitrogens is 3. The molecular weight excluding hydrogens is 415 g/mol. The van der Waals surface area contributed by atoms with Crippen LogP contribution in [-0.2, 0) is 6.54 Å². The zero-order valence-corrected chi connectivity index (χ0v) is 16.4. The topological polar surface area (TPSA) is 57.8 Å². The number of aliphatic imine (C=N–C) groups is 1. The molecule has 4 rings (SSSR count). The Balaban J connectivity index is 0.00000169. The number of hydrogen-bond acceptors (Lipinski definition) is 3. The first-order valence-electron chi connectivity index (χ1n) is 8.54. The molecule has 2 aromatic rings. The minimum atomic E-state index is 0. The van der Waals surface area contributed by atoms with E-state index in [9.17, 15) is 0 Å². The number of fused-ring (bicyclic) bond motifs is 1. The molecule has 1 aliphatic carbocycles. The largest absolute Gasteiger partial charge is 0.349 e. The summed E-state index contributed by atoms with van der Waals surface area (Å²) in [4.78, 5) is 6.89. The Morgan fingerprint density at radius 2 is 2.08 bits per heavy atom. The predicted octanol–water partition coefficient (Wildman–Crippen LogP) is 2.69. The highest BCUT2D eigenvalue weighted by atomic mass is 127. The summed E-state index contributed by atoms with van der Waals surface area (Å²) in [7, 11) is 1.86. The lowest BCUT2D eigenvalue weighted by Crippen LogP contribution is -2.40. The maximum absolute atomic E-state index is 4.48. The van der Waals surface area contributed by atoms with E-state index in [0.29, 0.717) is 12.0 Å². The average Bonchev–Trinajstić information content (AvgIpc) is 3.30. The summed E-state index contributed by atoms with van der Waals surface area (Å²) in [6.07, 6.45) is 8.86. The molecule has 0 radical (unpaired) electrons. The van der Waals surface area contributed by atoms with Gasteiger partial charge in [0.25, 0.3) is 0 Å². The first kappa shape index (κ1) is 17.4. The zero-order valence-electron chi connectivity index (χ0n) is 14.1. The molecule has 0 unspecified atom stereocenters. The summed E-state index contributed by atoms with van der Waals surface area (Å²) in [5.74, 6) is 1.90. The minimum absolute atomic E-state index is 0. The molecule has 0 amide bonds. The van der Waals surface area contributed by atoms with E-state index in [2.05, 4.69) is 25.4 Å². The van der Waals surface area contributed by atoms with Gasteiger partial charge in [-0.1, -0.05) is 18.9 Å². The molecule has 1 saturated heterocycles. The Bertz CT molecular complexity index is 719. The van der Waals surface area contributed by atoms with Crippen LogP contribution in [0.2, 0.25) is 0 Å². The minimum Gasteiger partial charge on any atom is -0.349 e. The van der Waals surface area contributed by atoms with Gasteiger partial charge in [0.1, 0.15) is 0 Å². The van der Waals surface area contributed by atoms with E-state index in [-0.39, 0.29) is 24.0 Å². The summed E-state index contributed by atoms with van der Waals surface area (Å²) in [6, 6.07) is 5.94. The third kappa shape index (κ3) is 3.22. The predicted molar refractivity (Wildman–Crippen MR) is 106 cm³/mol. The maximum Gasteiger partial charge on any atom is 0.194 e. The van der Waals surface area contributed by atoms with Crippen molar-refractivity contribution in [3.05, 3.63) is 30.2 Å². The van der Waals surface area contributed by atoms with Crippen molar-refractivity contribution in [2.75, 3.05) is 20.1 Å². The van der Waals surface area contributed by atoms with Crippen LogP contribution in [-0.4, -0.2) is 45.6 Å². The van der Waals surface area contributed by atoms with Gasteiger partial charge in [-0.15, -0.1) is 34.2 Å². The number of likely N-dealkylation sites (tertiary alicyclic amines) is 1. The second-order valence-corrected chi connectivity index (χ2v) is 6.82. The molecule has 2 aromatic heterocycles. The quantitative estimate of drug-likeness (QED) is 0.443. The zero-order chi connectivity index (χ0) is 15.7. The highest BCUT2D eigenvalue weighted by Crippen LogP contribution is 2.45. The van der Waals surface area contributed by atoms with Crippen LogP contribution >= 0.6 is 24.0 Å². The van der Waals surface area contributed by atoms with E-state index >= 15 is 0 Å². The molecular formula is C17H25IN6. The summed E-state index contributed by atoms with van der Waals surface area (Å²) in [5, 5.41) is 11.9. The fourth-order valence-electron chi connectivity index (χ4n) is 4.15. The van der Waals surface area contributed by atoms with E-state index in [4.69, 9.17) is 0 Å². The Kier molecular flexibility index (Phi) is 5.27. The summed E-state index contributed by atoms with van der Waals surface area (Å²) in [5.41, 5.74) is 1.43. The number of nitrogens with one attached hydrogen (secondary N) is 1. The summed E-state index contributed by atoms with van der Waals surface area (Å²) in [6.45, 7) is 2.90. The van der Waals surface area contributed by atoms with Crippen LogP contribution in [0.1, 0.15) is 37.9 Å². The molecule has 1 N–H and O–H groups in total. The van der Waals surface area contributed by atoms with E-state index in [1.165, 1.54) is 32.1 Å². The van der Waals surface area contributed by atoms with E-state index < -0.39 is 0 Å². The van der Waals surface area contributed by atoms with Gasteiger partial charge >= 0.3 is 0 Å². The van der Waals surface area contributed by atoms with Crippen molar-refractivity contribution in [1.82, 2.24) is 24.8 Å². The first-order valence-corrected chi connectivity index (χ1v) is 8.54. The van der Waals surface area contributed by atoms with Crippen LogP contribution in [0.3, 0.4) is 0 Å². The molecule has 2 aliphatic rings. The molecule has 0 aromatic carbocycles. The molecule has 2 fully saturated rings. The van der Waals surface area contributed by atoms with E-state index in [1.807, 2.05) is 35.8 Å². The Morgan fingerprint density at radius 1 is 1.25 bits per heavy atom. The van der Waals surface area contributed by atoms with Gasteiger partial charge in [0.15, 0.2) is 17.4 Å². The molecule has 7 heteroatoms. The molecule has 24 heavy (non-hydrogen) atoms. The van der Waals surface area contributed by atoms with E-state index in [0.717, 1.165) is 30.5 Å². The normalized spacial score (nSPS) is 19.9. The molecule has 3 heterocycles. The van der Waals surface area contributed by atoms with Gasteiger partial charge in [-0.25, -0.2) is 0 Å². The second-order valence-electron chi connectivity index (χ2n) is 6.82. The third-order valence-electron chi connectivity index (χ3n) is 5.40. The van der Waals surface area contributed by atoms with Crippen molar-refractivity contribution < 1.29 is 0 Å². The Morgan fingerprint density at radius 3 is 2.88 bits per heavy atom. The van der Waals surface area contributed by atoms with Crippen LogP contribution in [0.5, 0.6) is 0 Å². The number of rotatable bonds is 2. The number of guanidine groups is 1. The van der Waals surface area contributed by atoms with Crippen molar-refractivity contribution in [2.24, 2.45) is 10.4 Å². The van der Waals surface area contributed by atoms with Crippen LogP contribution in [0.4, 0.5) is 0 Å². The van der Waals surface area contributed by atoms with Gasteiger partial charge in [-0.2, -0.15) is 0 Å². The van der Waals surface area contributed by atoms with Crippen molar-refractivity contribution >= 4 is 35.6 Å². The molecule has 1 aliphatic heterocycles. The van der Waals surface area contributed by atoms with Crippen molar-refractivity contribution in [3.8, 4) is 0 Å². The standard InChI is InChI=1S/C17H24N6.HI/c1-18-16(22-11-9-17(13-22)7-3-4-8-17)19-12-15-21-20-14-6-2-5-10-23(14)15;/h2,5-6,10H,3-4,7-9,11-13H2,1H3,(H,18,19);1H. The summed E-state index contributed by atoms with van der Waals surface area (Å²) >= 11 is 0. The van der Waals surface area contributed by atoms with Gasteiger partial charge < -0.3 is 10.2 Å². The lowest BCUT2D eigenvalue weighted by atomic mass is 9.86. The number of nitrogens with zero attached hydrogens (tertiary/aromatic N) is 5. The van der Waals surface area contributed by atoms with Crippen molar-refractivity contribution in [2.45, 2.75) is 38.6 Å². The van der Waals surface area contributed by atoms with Gasteiger partial charge in [0, 0.05) is 26.3 Å². The van der Waals surface area contributed by atoms with Gasteiger partial charge in [0.05, 0.1) is 6.54 Å². The highest BCUT2D eigenvalue weighted by molar-refractivity contribution is 14.0. The van der Waals surface area contributed by atoms with Gasteiger partial charge in [-0.05, 0) is 36.8 Å². The lowest BCUT2D eigenvalue weighted by molar-refractivity contribution is 0.309. The molecule has 0 bridgehead atoms. The highest BCUT2D eigenvalue weighted by Gasteiger charge is 2.41. The lowest BCUT2D eigenvalue weighted by Gasteiger charge is -2.25. The van der Waals surface area contributed by atoms with Crippen molar-refractivity contribution in [1.29, 1.82) is 0 Å². The molecule has 6 nitrogen and oxygen atoms in total. The monoisotopic (exact) mass is 440 g/mol. The number of halogens is 1. The molecule has 0 atom stereocenters. The average molecular weight is 440 g/mol. The molecule has 1 saturated carbocycles. The molecule has 130 valence electrons. The fraction of sp³-hybridized carbons (Fsp3) is 0.588. The smallest absolute Gasteiger partial charge is 0.194 e.